The molecule has 1 aliphatic carbocycles. The molecule has 0 saturated carbocycles. The Labute approximate surface area is 116 Å². The van der Waals surface area contributed by atoms with Crippen molar-refractivity contribution in [3.8, 4) is 0 Å². The first-order chi connectivity index (χ1) is 9.32. The van der Waals surface area contributed by atoms with E-state index in [1.807, 2.05) is 0 Å². The molecule has 20 heavy (non-hydrogen) atoms. The Balaban J connectivity index is 2.56. The van der Waals surface area contributed by atoms with Crippen LogP contribution in [0.25, 0.3) is 5.57 Å². The van der Waals surface area contributed by atoms with Gasteiger partial charge in [0.1, 0.15) is 0 Å². The number of allylic oxidation sites excluding steroid dienone is 2. The molecule has 1 aromatic rings. The maximum atomic E-state index is 11.4. The molecule has 0 aromatic heterocycles. The van der Waals surface area contributed by atoms with Crippen LogP contribution in [0, 0.1) is 5.41 Å². The fraction of sp³-hybridized carbons (Fsp3) is 0.200. The third kappa shape index (κ3) is 2.56. The number of carboxylic acid groups (broad SMARTS) is 2. The topological polar surface area (TPSA) is 101 Å². The molecule has 0 bridgehead atoms. The van der Waals surface area contributed by atoms with Gasteiger partial charge in [-0.05, 0) is 42.7 Å². The van der Waals surface area contributed by atoms with Crippen molar-refractivity contribution in [1.82, 2.24) is 0 Å². The SMILES string of the molecule is CC1(C(=O)O)C=C(c2cccc(N)c2)C=C(C(=O)O)C1. The van der Waals surface area contributed by atoms with E-state index in [0.29, 0.717) is 16.8 Å². The van der Waals surface area contributed by atoms with Gasteiger partial charge < -0.3 is 15.9 Å². The maximum Gasteiger partial charge on any atom is 0.331 e. The van der Waals surface area contributed by atoms with Crippen LogP contribution in [0.4, 0.5) is 5.69 Å². The van der Waals surface area contributed by atoms with Crippen LogP contribution in [0.1, 0.15) is 18.9 Å². The number of hydrogen-bond donors (Lipinski definition) is 3. The Morgan fingerprint density at radius 2 is 2.00 bits per heavy atom. The molecule has 0 radical (unpaired) electrons. The number of carboxylic acids is 2. The fourth-order valence-corrected chi connectivity index (χ4v) is 2.23. The maximum absolute atomic E-state index is 11.4. The van der Waals surface area contributed by atoms with Crippen LogP contribution in [-0.4, -0.2) is 22.2 Å². The van der Waals surface area contributed by atoms with Gasteiger partial charge in [-0.1, -0.05) is 18.2 Å². The highest BCUT2D eigenvalue weighted by Gasteiger charge is 2.36. The lowest BCUT2D eigenvalue weighted by atomic mass is 9.76. The largest absolute Gasteiger partial charge is 0.481 e. The molecule has 104 valence electrons. The predicted molar refractivity (Wildman–Crippen MR) is 74.9 cm³/mol. The third-order valence-corrected chi connectivity index (χ3v) is 3.34. The van der Waals surface area contributed by atoms with Gasteiger partial charge in [0.05, 0.1) is 5.41 Å². The molecule has 1 aromatic carbocycles. The van der Waals surface area contributed by atoms with Crippen LogP contribution in [-0.2, 0) is 9.59 Å². The predicted octanol–water partition coefficient (Wildman–Crippen LogP) is 2.16. The standard InChI is InChI=1S/C15H15NO4/c1-15(14(19)20)7-10(5-11(8-15)13(17)18)9-3-2-4-12(16)6-9/h2-7H,8,16H2,1H3,(H,17,18)(H,19,20). The number of hydrogen-bond acceptors (Lipinski definition) is 3. The summed E-state index contributed by atoms with van der Waals surface area (Å²) >= 11 is 0. The van der Waals surface area contributed by atoms with Crippen molar-refractivity contribution in [3.05, 3.63) is 47.6 Å². The first kappa shape index (κ1) is 13.9. The summed E-state index contributed by atoms with van der Waals surface area (Å²) in [4.78, 5) is 22.6. The van der Waals surface area contributed by atoms with E-state index in [-0.39, 0.29) is 12.0 Å². The summed E-state index contributed by atoms with van der Waals surface area (Å²) in [5, 5.41) is 18.5. The highest BCUT2D eigenvalue weighted by atomic mass is 16.4. The normalized spacial score (nSPS) is 21.9. The number of rotatable bonds is 3. The Kier molecular flexibility index (Phi) is 3.36. The first-order valence-corrected chi connectivity index (χ1v) is 6.08. The van der Waals surface area contributed by atoms with Crippen LogP contribution in [0.5, 0.6) is 0 Å². The second-order valence-electron chi connectivity index (χ2n) is 5.10. The van der Waals surface area contributed by atoms with E-state index in [2.05, 4.69) is 0 Å². The Morgan fingerprint density at radius 1 is 1.30 bits per heavy atom. The number of anilines is 1. The summed E-state index contributed by atoms with van der Waals surface area (Å²) in [5.41, 5.74) is 6.36. The van der Waals surface area contributed by atoms with Crippen LogP contribution >= 0.6 is 0 Å². The van der Waals surface area contributed by atoms with Gasteiger partial charge in [0.2, 0.25) is 0 Å². The molecular weight excluding hydrogens is 258 g/mol. The highest BCUT2D eigenvalue weighted by Crippen LogP contribution is 2.37. The van der Waals surface area contributed by atoms with Gasteiger partial charge in [0, 0.05) is 11.3 Å². The number of nitrogen functional groups attached to an aromatic ring is 1. The summed E-state index contributed by atoms with van der Waals surface area (Å²) in [6, 6.07) is 6.92. The van der Waals surface area contributed by atoms with E-state index < -0.39 is 17.4 Å². The second kappa shape index (κ2) is 4.85. The zero-order valence-electron chi connectivity index (χ0n) is 11.0. The molecule has 1 unspecified atom stereocenters. The molecule has 1 aliphatic rings. The van der Waals surface area contributed by atoms with E-state index in [0.717, 1.165) is 0 Å². The van der Waals surface area contributed by atoms with Crippen molar-refractivity contribution < 1.29 is 19.8 Å². The minimum absolute atomic E-state index is 0.0382. The lowest BCUT2D eigenvalue weighted by Crippen LogP contribution is -2.29. The smallest absolute Gasteiger partial charge is 0.331 e. The molecule has 0 spiro atoms. The molecular formula is C15H15NO4. The van der Waals surface area contributed by atoms with E-state index >= 15 is 0 Å². The average molecular weight is 273 g/mol. The van der Waals surface area contributed by atoms with E-state index in [4.69, 9.17) is 10.8 Å². The first-order valence-electron chi connectivity index (χ1n) is 6.08. The zero-order valence-corrected chi connectivity index (χ0v) is 11.0. The quantitative estimate of drug-likeness (QED) is 0.733. The molecule has 5 heteroatoms. The second-order valence-corrected chi connectivity index (χ2v) is 5.10. The molecule has 1 atom stereocenters. The van der Waals surface area contributed by atoms with E-state index in [1.165, 1.54) is 13.0 Å². The van der Waals surface area contributed by atoms with Gasteiger partial charge >= 0.3 is 11.9 Å². The Morgan fingerprint density at radius 3 is 2.55 bits per heavy atom. The minimum atomic E-state index is -1.23. The van der Waals surface area contributed by atoms with Gasteiger partial charge in [-0.25, -0.2) is 4.79 Å². The van der Waals surface area contributed by atoms with Crippen molar-refractivity contribution in [2.24, 2.45) is 5.41 Å². The number of carbonyl (C=O) groups is 2. The molecule has 5 nitrogen and oxygen atoms in total. The summed E-state index contributed by atoms with van der Waals surface area (Å²) in [6.45, 7) is 1.51. The third-order valence-electron chi connectivity index (χ3n) is 3.34. The van der Waals surface area contributed by atoms with Crippen molar-refractivity contribution in [1.29, 1.82) is 0 Å². The average Bonchev–Trinajstić information content (AvgIpc) is 2.38. The fourth-order valence-electron chi connectivity index (χ4n) is 2.23. The van der Waals surface area contributed by atoms with E-state index in [9.17, 15) is 14.7 Å². The van der Waals surface area contributed by atoms with Crippen molar-refractivity contribution >= 4 is 23.2 Å². The van der Waals surface area contributed by atoms with Gasteiger partial charge in [-0.3, -0.25) is 4.79 Å². The molecule has 0 amide bonds. The monoisotopic (exact) mass is 273 g/mol. The molecule has 0 aliphatic heterocycles. The van der Waals surface area contributed by atoms with Crippen LogP contribution in [0.3, 0.4) is 0 Å². The van der Waals surface area contributed by atoms with Crippen LogP contribution < -0.4 is 5.73 Å². The Bertz CT molecular complexity index is 645. The van der Waals surface area contributed by atoms with Crippen LogP contribution in [0.2, 0.25) is 0 Å². The lowest BCUT2D eigenvalue weighted by Gasteiger charge is -2.26. The van der Waals surface area contributed by atoms with Gasteiger partial charge in [-0.2, -0.15) is 0 Å². The molecule has 4 N–H and O–H groups in total. The number of nitrogens with two attached hydrogens (primary N) is 1. The number of benzene rings is 1. The lowest BCUT2D eigenvalue weighted by molar-refractivity contribution is -0.145. The minimum Gasteiger partial charge on any atom is -0.481 e. The summed E-state index contributed by atoms with van der Waals surface area (Å²) in [6.07, 6.45) is 3.04. The molecule has 0 fully saturated rings. The Hall–Kier alpha value is -2.56. The molecule has 0 saturated heterocycles. The molecule has 2 rings (SSSR count). The zero-order chi connectivity index (χ0) is 14.9. The number of aliphatic carboxylic acids is 2. The van der Waals surface area contributed by atoms with Gasteiger partial charge in [0.15, 0.2) is 0 Å². The summed E-state index contributed by atoms with van der Waals surface area (Å²) in [5.74, 6) is -2.15. The summed E-state index contributed by atoms with van der Waals surface area (Å²) < 4.78 is 0. The van der Waals surface area contributed by atoms with E-state index in [1.54, 1.807) is 30.3 Å². The van der Waals surface area contributed by atoms with Gasteiger partial charge in [0.25, 0.3) is 0 Å². The highest BCUT2D eigenvalue weighted by molar-refractivity contribution is 5.96. The van der Waals surface area contributed by atoms with Crippen molar-refractivity contribution in [3.63, 3.8) is 0 Å². The van der Waals surface area contributed by atoms with Crippen molar-refractivity contribution in [2.75, 3.05) is 5.73 Å². The van der Waals surface area contributed by atoms with Crippen LogP contribution in [0.15, 0.2) is 42.0 Å². The van der Waals surface area contributed by atoms with Crippen molar-refractivity contribution in [2.45, 2.75) is 13.3 Å². The molecule has 0 heterocycles. The van der Waals surface area contributed by atoms with Gasteiger partial charge in [-0.15, -0.1) is 0 Å². The summed E-state index contributed by atoms with van der Waals surface area (Å²) in [7, 11) is 0.